The maximum Gasteiger partial charge on any atom is 0.241 e. The monoisotopic (exact) mass is 401 g/mol. The van der Waals surface area contributed by atoms with Crippen molar-refractivity contribution in [2.75, 3.05) is 23.3 Å². The molecule has 0 aliphatic carbocycles. The maximum atomic E-state index is 12.7. The molecule has 156 valence electrons. The molecular formula is C26H31N3O. The van der Waals surface area contributed by atoms with Gasteiger partial charge in [-0.15, -0.1) is 0 Å². The molecule has 30 heavy (non-hydrogen) atoms. The van der Waals surface area contributed by atoms with Crippen molar-refractivity contribution in [3.63, 3.8) is 0 Å². The summed E-state index contributed by atoms with van der Waals surface area (Å²) >= 11 is 0. The van der Waals surface area contributed by atoms with Crippen molar-refractivity contribution in [3.05, 3.63) is 72.3 Å². The van der Waals surface area contributed by atoms with E-state index in [0.29, 0.717) is 0 Å². The Labute approximate surface area is 179 Å². The zero-order valence-electron chi connectivity index (χ0n) is 17.9. The Balaban J connectivity index is 1.37. The van der Waals surface area contributed by atoms with Gasteiger partial charge >= 0.3 is 0 Å². The van der Waals surface area contributed by atoms with Crippen molar-refractivity contribution in [1.82, 2.24) is 5.32 Å². The molecule has 4 nitrogen and oxygen atoms in total. The van der Waals surface area contributed by atoms with Crippen molar-refractivity contribution in [2.45, 2.75) is 45.2 Å². The highest BCUT2D eigenvalue weighted by Gasteiger charge is 2.18. The Morgan fingerprint density at radius 3 is 2.33 bits per heavy atom. The number of hydrogen-bond donors (Lipinski definition) is 2. The van der Waals surface area contributed by atoms with E-state index in [1.807, 2.05) is 19.1 Å². The van der Waals surface area contributed by atoms with Crippen LogP contribution in [0, 0.1) is 0 Å². The van der Waals surface area contributed by atoms with Crippen LogP contribution in [0.5, 0.6) is 0 Å². The van der Waals surface area contributed by atoms with E-state index in [2.05, 4.69) is 77.1 Å². The Morgan fingerprint density at radius 2 is 1.57 bits per heavy atom. The van der Waals surface area contributed by atoms with Gasteiger partial charge in [-0.1, -0.05) is 42.5 Å². The second-order valence-electron chi connectivity index (χ2n) is 8.26. The summed E-state index contributed by atoms with van der Waals surface area (Å²) in [6.45, 7) is 6.27. The molecule has 1 amide bonds. The Morgan fingerprint density at radius 1 is 0.867 bits per heavy atom. The van der Waals surface area contributed by atoms with E-state index in [-0.39, 0.29) is 18.0 Å². The van der Waals surface area contributed by atoms with Gasteiger partial charge in [0.15, 0.2) is 0 Å². The summed E-state index contributed by atoms with van der Waals surface area (Å²) in [4.78, 5) is 15.2. The molecule has 0 saturated carbocycles. The van der Waals surface area contributed by atoms with Crippen molar-refractivity contribution in [1.29, 1.82) is 0 Å². The number of carbonyl (C=O) groups is 1. The van der Waals surface area contributed by atoms with E-state index in [1.165, 1.54) is 41.3 Å². The van der Waals surface area contributed by atoms with Crippen LogP contribution in [0.3, 0.4) is 0 Å². The van der Waals surface area contributed by atoms with Crippen LogP contribution < -0.4 is 15.5 Å². The molecule has 3 aromatic rings. The van der Waals surface area contributed by atoms with Gasteiger partial charge in [0, 0.05) is 30.5 Å². The predicted molar refractivity (Wildman–Crippen MR) is 126 cm³/mol. The Hall–Kier alpha value is -2.85. The summed E-state index contributed by atoms with van der Waals surface area (Å²) in [6.07, 6.45) is 3.85. The molecule has 2 N–H and O–H groups in total. The summed E-state index contributed by atoms with van der Waals surface area (Å²) in [5.41, 5.74) is 3.29. The molecule has 0 bridgehead atoms. The third-order valence-corrected chi connectivity index (χ3v) is 6.04. The van der Waals surface area contributed by atoms with E-state index in [4.69, 9.17) is 0 Å². The second-order valence-corrected chi connectivity index (χ2v) is 8.26. The highest BCUT2D eigenvalue weighted by atomic mass is 16.2. The highest BCUT2D eigenvalue weighted by Crippen LogP contribution is 2.25. The van der Waals surface area contributed by atoms with E-state index >= 15 is 0 Å². The minimum atomic E-state index is -0.305. The maximum absolute atomic E-state index is 12.7. The molecule has 1 aliphatic rings. The van der Waals surface area contributed by atoms with Gasteiger partial charge in [0.1, 0.15) is 0 Å². The fourth-order valence-corrected chi connectivity index (χ4v) is 4.33. The third kappa shape index (κ3) is 4.65. The van der Waals surface area contributed by atoms with Crippen LogP contribution >= 0.6 is 0 Å². The largest absolute Gasteiger partial charge is 0.372 e. The SMILES string of the molecule is CC(NC(C)c1cccc2ccccc12)C(=O)Nc1ccc(N2CCCCC2)cc1. The molecule has 0 radical (unpaired) electrons. The lowest BCUT2D eigenvalue weighted by Gasteiger charge is -2.29. The molecule has 1 fully saturated rings. The lowest BCUT2D eigenvalue weighted by atomic mass is 9.99. The summed E-state index contributed by atoms with van der Waals surface area (Å²) < 4.78 is 0. The van der Waals surface area contributed by atoms with E-state index in [1.54, 1.807) is 0 Å². The molecule has 4 rings (SSSR count). The van der Waals surface area contributed by atoms with Gasteiger partial charge in [0.2, 0.25) is 5.91 Å². The molecule has 1 saturated heterocycles. The lowest BCUT2D eigenvalue weighted by Crippen LogP contribution is -2.39. The van der Waals surface area contributed by atoms with Crippen molar-refractivity contribution < 1.29 is 4.79 Å². The summed E-state index contributed by atoms with van der Waals surface area (Å²) in [5.74, 6) is -0.0205. The van der Waals surface area contributed by atoms with Crippen LogP contribution in [-0.4, -0.2) is 25.0 Å². The van der Waals surface area contributed by atoms with Gasteiger partial charge in [0.25, 0.3) is 0 Å². The number of fused-ring (bicyclic) bond motifs is 1. The van der Waals surface area contributed by atoms with Crippen molar-refractivity contribution in [3.8, 4) is 0 Å². The average Bonchev–Trinajstić information content (AvgIpc) is 2.79. The molecule has 0 spiro atoms. The van der Waals surface area contributed by atoms with Crippen LogP contribution in [-0.2, 0) is 4.79 Å². The van der Waals surface area contributed by atoms with Gasteiger partial charge in [-0.05, 0) is 73.7 Å². The summed E-state index contributed by atoms with van der Waals surface area (Å²) in [7, 11) is 0. The van der Waals surface area contributed by atoms with E-state index < -0.39 is 0 Å². The number of piperidine rings is 1. The van der Waals surface area contributed by atoms with Crippen LogP contribution in [0.1, 0.15) is 44.7 Å². The number of carbonyl (C=O) groups excluding carboxylic acids is 1. The van der Waals surface area contributed by atoms with Crippen molar-refractivity contribution >= 4 is 28.1 Å². The average molecular weight is 402 g/mol. The standard InChI is InChI=1S/C26H31N3O/c1-19(24-12-8-10-21-9-4-5-11-25(21)24)27-20(2)26(30)28-22-13-15-23(16-14-22)29-17-6-3-7-18-29/h4-5,8-16,19-20,27H,3,6-7,17-18H2,1-2H3,(H,28,30). The topological polar surface area (TPSA) is 44.4 Å². The fraction of sp³-hybridized carbons (Fsp3) is 0.346. The van der Waals surface area contributed by atoms with E-state index in [9.17, 15) is 4.79 Å². The summed E-state index contributed by atoms with van der Waals surface area (Å²) in [6, 6.07) is 22.7. The first kappa shape index (κ1) is 20.4. The second kappa shape index (κ2) is 9.31. The van der Waals surface area contributed by atoms with Crippen LogP contribution in [0.25, 0.3) is 10.8 Å². The number of hydrogen-bond acceptors (Lipinski definition) is 3. The van der Waals surface area contributed by atoms with Gasteiger partial charge in [-0.3, -0.25) is 10.1 Å². The Bertz CT molecular complexity index is 987. The summed E-state index contributed by atoms with van der Waals surface area (Å²) in [5, 5.41) is 8.94. The first-order valence-corrected chi connectivity index (χ1v) is 11.0. The van der Waals surface area contributed by atoms with Gasteiger partial charge < -0.3 is 10.2 Å². The molecule has 0 aromatic heterocycles. The molecule has 1 aliphatic heterocycles. The molecule has 4 heteroatoms. The number of anilines is 2. The van der Waals surface area contributed by atoms with Crippen LogP contribution in [0.15, 0.2) is 66.7 Å². The number of nitrogens with one attached hydrogen (secondary N) is 2. The molecule has 2 atom stereocenters. The number of nitrogens with zero attached hydrogens (tertiary/aromatic N) is 1. The zero-order valence-corrected chi connectivity index (χ0v) is 17.9. The molecule has 1 heterocycles. The van der Waals surface area contributed by atoms with Crippen LogP contribution in [0.4, 0.5) is 11.4 Å². The third-order valence-electron chi connectivity index (χ3n) is 6.04. The van der Waals surface area contributed by atoms with Crippen LogP contribution in [0.2, 0.25) is 0 Å². The number of benzene rings is 3. The normalized spacial score (nSPS) is 16.3. The minimum absolute atomic E-state index is 0.0205. The van der Waals surface area contributed by atoms with Gasteiger partial charge in [0.05, 0.1) is 6.04 Å². The highest BCUT2D eigenvalue weighted by molar-refractivity contribution is 5.94. The zero-order chi connectivity index (χ0) is 20.9. The Kier molecular flexibility index (Phi) is 6.34. The van der Waals surface area contributed by atoms with Gasteiger partial charge in [-0.25, -0.2) is 0 Å². The lowest BCUT2D eigenvalue weighted by molar-refractivity contribution is -0.117. The van der Waals surface area contributed by atoms with E-state index in [0.717, 1.165) is 18.8 Å². The molecule has 2 unspecified atom stereocenters. The number of rotatable bonds is 6. The smallest absolute Gasteiger partial charge is 0.241 e. The fourth-order valence-electron chi connectivity index (χ4n) is 4.33. The quantitative estimate of drug-likeness (QED) is 0.573. The predicted octanol–water partition coefficient (Wildman–Crippen LogP) is 5.51. The molecular weight excluding hydrogens is 370 g/mol. The van der Waals surface area contributed by atoms with Crippen molar-refractivity contribution in [2.24, 2.45) is 0 Å². The minimum Gasteiger partial charge on any atom is -0.372 e. The first-order chi connectivity index (χ1) is 14.6. The first-order valence-electron chi connectivity index (χ1n) is 11.0. The number of amides is 1. The van der Waals surface area contributed by atoms with Gasteiger partial charge in [-0.2, -0.15) is 0 Å². The molecule has 3 aromatic carbocycles.